The van der Waals surface area contributed by atoms with Gasteiger partial charge < -0.3 is 9.72 Å². The van der Waals surface area contributed by atoms with Crippen molar-refractivity contribution in [1.82, 2.24) is 15.0 Å². The van der Waals surface area contributed by atoms with E-state index < -0.39 is 15.8 Å². The minimum Gasteiger partial charge on any atom is -0.365 e. The monoisotopic (exact) mass is 506 g/mol. The molecular formula is C27H27FN4O3S. The van der Waals surface area contributed by atoms with Crippen molar-refractivity contribution < 1.29 is 17.5 Å². The number of anilines is 1. The Labute approximate surface area is 209 Å². The quantitative estimate of drug-likeness (QED) is 0.350. The fourth-order valence-electron chi connectivity index (χ4n) is 4.75. The molecule has 0 bridgehead atoms. The Kier molecular flexibility index (Phi) is 5.72. The van der Waals surface area contributed by atoms with Crippen molar-refractivity contribution in [2.45, 2.75) is 50.2 Å². The predicted molar refractivity (Wildman–Crippen MR) is 138 cm³/mol. The van der Waals surface area contributed by atoms with Crippen LogP contribution in [0.25, 0.3) is 27.9 Å². The van der Waals surface area contributed by atoms with Gasteiger partial charge in [0.05, 0.1) is 21.8 Å². The smallest absolute Gasteiger partial charge is 0.261 e. The van der Waals surface area contributed by atoms with E-state index in [0.29, 0.717) is 5.69 Å². The van der Waals surface area contributed by atoms with E-state index in [1.54, 1.807) is 24.3 Å². The van der Waals surface area contributed by atoms with E-state index in [1.165, 1.54) is 18.5 Å². The molecule has 2 aromatic carbocycles. The molecule has 0 saturated heterocycles. The molecule has 186 valence electrons. The molecule has 2 N–H and O–H groups in total. The molecule has 3 heterocycles. The highest BCUT2D eigenvalue weighted by molar-refractivity contribution is 7.92. The van der Waals surface area contributed by atoms with E-state index in [4.69, 9.17) is 4.74 Å². The lowest BCUT2D eigenvalue weighted by molar-refractivity contribution is -0.100. The van der Waals surface area contributed by atoms with Crippen molar-refractivity contribution in [2.24, 2.45) is 0 Å². The lowest BCUT2D eigenvalue weighted by Gasteiger charge is -2.40. The molecule has 4 aromatic rings. The number of hydrogen-bond donors (Lipinski definition) is 2. The van der Waals surface area contributed by atoms with E-state index in [-0.39, 0.29) is 16.1 Å². The van der Waals surface area contributed by atoms with Crippen molar-refractivity contribution in [3.8, 4) is 11.3 Å². The van der Waals surface area contributed by atoms with Gasteiger partial charge in [-0.05, 0) is 81.8 Å². The minimum atomic E-state index is -3.83. The molecule has 5 rings (SSSR count). The molecule has 0 fully saturated rings. The van der Waals surface area contributed by atoms with Gasteiger partial charge in [0.2, 0.25) is 0 Å². The molecule has 0 unspecified atom stereocenters. The minimum absolute atomic E-state index is 0.0147. The van der Waals surface area contributed by atoms with Crippen LogP contribution in [0.1, 0.15) is 39.8 Å². The molecule has 7 nitrogen and oxygen atoms in total. The number of benzene rings is 2. The Bertz CT molecular complexity index is 1570. The number of sulfonamides is 1. The van der Waals surface area contributed by atoms with Crippen LogP contribution in [0.3, 0.4) is 0 Å². The molecule has 2 aromatic heterocycles. The third-order valence-corrected chi connectivity index (χ3v) is 7.38. The molecule has 0 amide bonds. The Hall–Kier alpha value is -3.56. The van der Waals surface area contributed by atoms with Crippen molar-refractivity contribution in [2.75, 3.05) is 4.72 Å². The summed E-state index contributed by atoms with van der Waals surface area (Å²) < 4.78 is 47.1. The highest BCUT2D eigenvalue weighted by Crippen LogP contribution is 2.39. The highest BCUT2D eigenvalue weighted by Gasteiger charge is 2.34. The molecule has 0 saturated carbocycles. The number of aromatic amines is 1. The molecule has 0 radical (unpaired) electrons. The number of rotatable bonds is 5. The van der Waals surface area contributed by atoms with Gasteiger partial charge in [-0.15, -0.1) is 0 Å². The second-order valence-corrected chi connectivity index (χ2v) is 11.8. The van der Waals surface area contributed by atoms with Gasteiger partial charge in [-0.1, -0.05) is 12.1 Å². The number of nitrogens with zero attached hydrogens (tertiary/aromatic N) is 2. The van der Waals surface area contributed by atoms with Crippen molar-refractivity contribution in [1.29, 1.82) is 0 Å². The van der Waals surface area contributed by atoms with Gasteiger partial charge in [0.25, 0.3) is 10.0 Å². The standard InChI is InChI=1S/C27H27FN4O3S/c1-26(2)14-18(15-27(3,4)35-26)23-13-22-24(29-16-30-25(22)31-23)17-5-9-20(10-6-17)32-36(33,34)21-11-7-19(28)8-12-21/h5-14,16,32H,15H2,1-4H3,(H,29,30,31). The predicted octanol–water partition coefficient (Wildman–Crippen LogP) is 5.93. The van der Waals surface area contributed by atoms with Gasteiger partial charge in [0.1, 0.15) is 17.8 Å². The second-order valence-electron chi connectivity index (χ2n) is 10.1. The van der Waals surface area contributed by atoms with Crippen LogP contribution in [0.2, 0.25) is 0 Å². The summed E-state index contributed by atoms with van der Waals surface area (Å²) >= 11 is 0. The third-order valence-electron chi connectivity index (χ3n) is 5.98. The lowest BCUT2D eigenvalue weighted by atomic mass is 9.88. The first-order valence-corrected chi connectivity index (χ1v) is 13.0. The van der Waals surface area contributed by atoms with Crippen LogP contribution < -0.4 is 4.72 Å². The Morgan fingerprint density at radius 3 is 2.36 bits per heavy atom. The number of ether oxygens (including phenoxy) is 1. The fraction of sp³-hybridized carbons (Fsp3) is 0.259. The van der Waals surface area contributed by atoms with E-state index in [1.807, 2.05) is 13.8 Å². The van der Waals surface area contributed by atoms with Gasteiger partial charge in [0, 0.05) is 28.8 Å². The number of fused-ring (bicyclic) bond motifs is 1. The van der Waals surface area contributed by atoms with Crippen LogP contribution in [0, 0.1) is 5.82 Å². The first-order valence-electron chi connectivity index (χ1n) is 11.6. The summed E-state index contributed by atoms with van der Waals surface area (Å²) in [5.74, 6) is -0.497. The van der Waals surface area contributed by atoms with E-state index in [2.05, 4.69) is 45.7 Å². The zero-order chi connectivity index (χ0) is 25.7. The Morgan fingerprint density at radius 1 is 1.00 bits per heavy atom. The number of H-pyrrole nitrogens is 1. The van der Waals surface area contributed by atoms with Crippen LogP contribution in [-0.2, 0) is 14.8 Å². The van der Waals surface area contributed by atoms with Crippen LogP contribution in [-0.4, -0.2) is 34.6 Å². The fourth-order valence-corrected chi connectivity index (χ4v) is 5.81. The molecule has 36 heavy (non-hydrogen) atoms. The Morgan fingerprint density at radius 2 is 1.69 bits per heavy atom. The maximum Gasteiger partial charge on any atom is 0.261 e. The van der Waals surface area contributed by atoms with Gasteiger partial charge in [-0.3, -0.25) is 4.72 Å². The summed E-state index contributed by atoms with van der Waals surface area (Å²) in [5.41, 5.74) is 4.11. The van der Waals surface area contributed by atoms with Crippen molar-refractivity contribution >= 4 is 32.3 Å². The van der Waals surface area contributed by atoms with Gasteiger partial charge in [-0.25, -0.2) is 22.8 Å². The average Bonchev–Trinajstić information content (AvgIpc) is 3.22. The zero-order valence-corrected chi connectivity index (χ0v) is 21.3. The summed E-state index contributed by atoms with van der Waals surface area (Å²) in [4.78, 5) is 12.3. The van der Waals surface area contributed by atoms with E-state index in [9.17, 15) is 12.8 Å². The molecule has 1 aliphatic rings. The summed E-state index contributed by atoms with van der Waals surface area (Å²) in [7, 11) is -3.83. The highest BCUT2D eigenvalue weighted by atomic mass is 32.2. The van der Waals surface area contributed by atoms with Crippen LogP contribution in [0.15, 0.2) is 71.9 Å². The van der Waals surface area contributed by atoms with Crippen molar-refractivity contribution in [3.63, 3.8) is 0 Å². The third kappa shape index (κ3) is 4.89. The zero-order valence-electron chi connectivity index (χ0n) is 20.5. The summed E-state index contributed by atoms with van der Waals surface area (Å²) in [6, 6.07) is 13.7. The van der Waals surface area contributed by atoms with E-state index in [0.717, 1.165) is 52.1 Å². The summed E-state index contributed by atoms with van der Waals surface area (Å²) in [6.07, 6.45) is 4.41. The molecular weight excluding hydrogens is 479 g/mol. The van der Waals surface area contributed by atoms with E-state index >= 15 is 0 Å². The Balaban J connectivity index is 1.45. The van der Waals surface area contributed by atoms with Crippen LogP contribution >= 0.6 is 0 Å². The van der Waals surface area contributed by atoms with Crippen LogP contribution in [0.5, 0.6) is 0 Å². The normalized spacial score (nSPS) is 17.1. The summed E-state index contributed by atoms with van der Waals surface area (Å²) in [5, 5.41) is 0.871. The topological polar surface area (TPSA) is 97.0 Å². The maximum absolute atomic E-state index is 13.2. The lowest BCUT2D eigenvalue weighted by Crippen LogP contribution is -2.39. The molecule has 0 atom stereocenters. The molecule has 0 aliphatic carbocycles. The first-order chi connectivity index (χ1) is 16.9. The number of aromatic nitrogens is 3. The first kappa shape index (κ1) is 24.1. The van der Waals surface area contributed by atoms with Crippen LogP contribution in [0.4, 0.5) is 10.1 Å². The maximum atomic E-state index is 13.2. The van der Waals surface area contributed by atoms with Gasteiger partial charge >= 0.3 is 0 Å². The molecule has 1 aliphatic heterocycles. The number of hydrogen-bond acceptors (Lipinski definition) is 5. The van der Waals surface area contributed by atoms with Crippen molar-refractivity contribution in [3.05, 3.63) is 78.5 Å². The summed E-state index contributed by atoms with van der Waals surface area (Å²) in [6.45, 7) is 8.27. The van der Waals surface area contributed by atoms with Gasteiger partial charge in [-0.2, -0.15) is 0 Å². The molecule has 9 heteroatoms. The number of nitrogens with one attached hydrogen (secondary N) is 2. The second kappa shape index (κ2) is 8.53. The largest absolute Gasteiger partial charge is 0.365 e. The average molecular weight is 507 g/mol. The number of halogens is 1. The molecule has 0 spiro atoms. The van der Waals surface area contributed by atoms with Gasteiger partial charge in [0.15, 0.2) is 0 Å². The SMILES string of the molecule is CC1(C)C=C(c2cc3c(-c4ccc(NS(=O)(=O)c5ccc(F)cc5)cc4)ncnc3[nH]2)CC(C)(C)O1.